The van der Waals surface area contributed by atoms with Crippen molar-refractivity contribution in [2.75, 3.05) is 6.54 Å². The quantitative estimate of drug-likeness (QED) is 0.830. The molecule has 0 saturated carbocycles. The van der Waals surface area contributed by atoms with Gasteiger partial charge in [-0.2, -0.15) is 0 Å². The van der Waals surface area contributed by atoms with Crippen molar-refractivity contribution in [3.63, 3.8) is 0 Å². The van der Waals surface area contributed by atoms with Crippen molar-refractivity contribution in [2.45, 2.75) is 17.7 Å². The number of aromatic nitrogens is 1. The van der Waals surface area contributed by atoms with E-state index in [0.29, 0.717) is 5.01 Å². The van der Waals surface area contributed by atoms with Gasteiger partial charge in [-0.1, -0.05) is 30.0 Å². The van der Waals surface area contributed by atoms with Gasteiger partial charge in [-0.05, 0) is 18.6 Å². The van der Waals surface area contributed by atoms with Gasteiger partial charge in [0.25, 0.3) is 10.0 Å². The second-order valence-corrected chi connectivity index (χ2v) is 7.41. The molecule has 0 saturated heterocycles. The Labute approximate surface area is 128 Å². The summed E-state index contributed by atoms with van der Waals surface area (Å²) in [5.74, 6) is 5.70. The molecule has 0 aliphatic carbocycles. The summed E-state index contributed by atoms with van der Waals surface area (Å²) in [6, 6.07) is 7.36. The molecule has 0 spiro atoms. The Hall–Kier alpha value is -1.72. The number of sulfonamides is 1. The molecule has 110 valence electrons. The molecule has 0 radical (unpaired) electrons. The summed E-state index contributed by atoms with van der Waals surface area (Å²) >= 11 is 1.14. The van der Waals surface area contributed by atoms with E-state index < -0.39 is 10.0 Å². The lowest BCUT2D eigenvalue weighted by atomic mass is 10.1. The smallest absolute Gasteiger partial charge is 0.251 e. The van der Waals surface area contributed by atoms with E-state index in [1.54, 1.807) is 6.92 Å². The summed E-state index contributed by atoms with van der Waals surface area (Å²) in [5, 5.41) is 0.713. The fraction of sp³-hybridized carbons (Fsp3) is 0.214. The van der Waals surface area contributed by atoms with Crippen LogP contribution in [0, 0.1) is 18.8 Å². The van der Waals surface area contributed by atoms with Crippen molar-refractivity contribution in [1.82, 2.24) is 9.71 Å². The van der Waals surface area contributed by atoms with Gasteiger partial charge >= 0.3 is 0 Å². The van der Waals surface area contributed by atoms with Gasteiger partial charge in [0, 0.05) is 12.1 Å². The number of benzene rings is 1. The fourth-order valence-electron chi connectivity index (χ4n) is 1.65. The molecule has 5 nitrogen and oxygen atoms in total. The molecular weight excluding hydrogens is 306 g/mol. The number of hydrogen-bond acceptors (Lipinski definition) is 5. The van der Waals surface area contributed by atoms with Crippen molar-refractivity contribution < 1.29 is 8.42 Å². The van der Waals surface area contributed by atoms with Crippen molar-refractivity contribution in [1.29, 1.82) is 0 Å². The molecule has 21 heavy (non-hydrogen) atoms. The molecule has 1 aromatic carbocycles. The third-order valence-corrected chi connectivity index (χ3v) is 5.44. The molecule has 2 rings (SSSR count). The summed E-state index contributed by atoms with van der Waals surface area (Å²) < 4.78 is 27.1. The van der Waals surface area contributed by atoms with E-state index in [1.165, 1.54) is 6.20 Å². The number of nitrogens with one attached hydrogen (secondary N) is 1. The van der Waals surface area contributed by atoms with Crippen LogP contribution in [0.4, 0.5) is 0 Å². The summed E-state index contributed by atoms with van der Waals surface area (Å²) in [6.07, 6.45) is 1.36. The average molecular weight is 321 g/mol. The van der Waals surface area contributed by atoms with Crippen LogP contribution in [0.1, 0.15) is 16.1 Å². The molecule has 0 amide bonds. The zero-order valence-electron chi connectivity index (χ0n) is 11.5. The second-order valence-electron chi connectivity index (χ2n) is 4.19. The largest absolute Gasteiger partial charge is 0.320 e. The van der Waals surface area contributed by atoms with Crippen LogP contribution in [0.25, 0.3) is 0 Å². The molecule has 0 bridgehead atoms. The number of thiazole rings is 1. The summed E-state index contributed by atoms with van der Waals surface area (Å²) in [6.45, 7) is 2.20. The van der Waals surface area contributed by atoms with Gasteiger partial charge in [-0.15, -0.1) is 11.3 Å². The molecule has 0 fully saturated rings. The average Bonchev–Trinajstić information content (AvgIpc) is 2.91. The van der Waals surface area contributed by atoms with E-state index in [4.69, 9.17) is 5.73 Å². The molecule has 1 heterocycles. The maximum atomic E-state index is 12.1. The van der Waals surface area contributed by atoms with E-state index in [-0.39, 0.29) is 17.3 Å². The number of hydrogen-bond donors (Lipinski definition) is 2. The highest BCUT2D eigenvalue weighted by molar-refractivity contribution is 7.91. The molecule has 0 atom stereocenters. The first-order valence-corrected chi connectivity index (χ1v) is 8.52. The maximum Gasteiger partial charge on any atom is 0.251 e. The van der Waals surface area contributed by atoms with E-state index in [9.17, 15) is 8.42 Å². The van der Waals surface area contributed by atoms with E-state index >= 15 is 0 Å². The van der Waals surface area contributed by atoms with Crippen LogP contribution in [0.15, 0.2) is 34.7 Å². The summed E-state index contributed by atoms with van der Waals surface area (Å²) in [5.41, 5.74) is 6.94. The van der Waals surface area contributed by atoms with Gasteiger partial charge in [-0.3, -0.25) is 0 Å². The Morgan fingerprint density at radius 3 is 2.81 bits per heavy atom. The van der Waals surface area contributed by atoms with Crippen LogP contribution in [-0.2, 0) is 16.6 Å². The first kappa shape index (κ1) is 15.7. The first-order valence-electron chi connectivity index (χ1n) is 6.22. The molecule has 7 heteroatoms. The second kappa shape index (κ2) is 6.83. The SMILES string of the molecule is Cc1ncc(S(=O)(=O)NCc2ccccc2C#CCN)s1. The first-order chi connectivity index (χ1) is 10.0. The van der Waals surface area contributed by atoms with Gasteiger partial charge in [0.05, 0.1) is 17.7 Å². The van der Waals surface area contributed by atoms with Gasteiger partial charge < -0.3 is 5.73 Å². The van der Waals surface area contributed by atoms with Gasteiger partial charge in [0.1, 0.15) is 0 Å². The van der Waals surface area contributed by atoms with Crippen LogP contribution in [0.2, 0.25) is 0 Å². The fourth-order valence-corrected chi connectivity index (χ4v) is 3.81. The van der Waals surface area contributed by atoms with Gasteiger partial charge in [0.2, 0.25) is 0 Å². The maximum absolute atomic E-state index is 12.1. The van der Waals surface area contributed by atoms with Crippen molar-refractivity contribution in [2.24, 2.45) is 5.73 Å². The molecule has 2 aromatic rings. The highest BCUT2D eigenvalue weighted by atomic mass is 32.2. The van der Waals surface area contributed by atoms with Crippen LogP contribution in [0.5, 0.6) is 0 Å². The van der Waals surface area contributed by atoms with E-state index in [1.807, 2.05) is 24.3 Å². The highest BCUT2D eigenvalue weighted by Gasteiger charge is 2.17. The predicted octanol–water partition coefficient (Wildman–Crippen LogP) is 1.24. The Balaban J connectivity index is 2.17. The molecule has 0 aliphatic heterocycles. The Kier molecular flexibility index (Phi) is 5.09. The number of nitrogens with two attached hydrogens (primary N) is 1. The topological polar surface area (TPSA) is 85.1 Å². The molecule has 0 unspecified atom stereocenters. The van der Waals surface area contributed by atoms with Gasteiger partial charge in [0.15, 0.2) is 4.21 Å². The number of aryl methyl sites for hydroxylation is 1. The lowest BCUT2D eigenvalue weighted by molar-refractivity contribution is 0.583. The van der Waals surface area contributed by atoms with E-state index in [2.05, 4.69) is 21.5 Å². The van der Waals surface area contributed by atoms with Crippen LogP contribution in [-0.4, -0.2) is 19.9 Å². The number of rotatable bonds is 4. The zero-order valence-corrected chi connectivity index (χ0v) is 13.1. The van der Waals surface area contributed by atoms with Crippen LogP contribution in [0.3, 0.4) is 0 Å². The Bertz CT molecular complexity index is 786. The molecular formula is C14H15N3O2S2. The lowest BCUT2D eigenvalue weighted by Crippen LogP contribution is -2.22. The highest BCUT2D eigenvalue weighted by Crippen LogP contribution is 2.18. The Morgan fingerprint density at radius 1 is 1.38 bits per heavy atom. The van der Waals surface area contributed by atoms with Crippen LogP contribution < -0.4 is 10.5 Å². The van der Waals surface area contributed by atoms with Crippen LogP contribution >= 0.6 is 11.3 Å². The minimum absolute atomic E-state index is 0.175. The van der Waals surface area contributed by atoms with Crippen molar-refractivity contribution in [3.05, 3.63) is 46.6 Å². The lowest BCUT2D eigenvalue weighted by Gasteiger charge is -2.06. The summed E-state index contributed by atoms with van der Waals surface area (Å²) in [7, 11) is -3.54. The van der Waals surface area contributed by atoms with Gasteiger partial charge in [-0.25, -0.2) is 18.1 Å². The standard InChI is InChI=1S/C14H15N3O2S2/c1-11-16-10-14(20-11)21(18,19)17-9-13-6-3-2-5-12(13)7-4-8-15/h2-3,5-6,10,17H,8-9,15H2,1H3. The molecule has 0 aliphatic rings. The van der Waals surface area contributed by atoms with E-state index in [0.717, 1.165) is 22.5 Å². The minimum atomic E-state index is -3.54. The monoisotopic (exact) mass is 321 g/mol. The van der Waals surface area contributed by atoms with Crippen molar-refractivity contribution >= 4 is 21.4 Å². The Morgan fingerprint density at radius 2 is 2.14 bits per heavy atom. The minimum Gasteiger partial charge on any atom is -0.320 e. The summed E-state index contributed by atoms with van der Waals surface area (Å²) in [4.78, 5) is 3.96. The third-order valence-electron chi connectivity index (χ3n) is 2.66. The predicted molar refractivity (Wildman–Crippen MR) is 83.3 cm³/mol. The normalized spacial score (nSPS) is 11.0. The third kappa shape index (κ3) is 4.12. The zero-order chi connectivity index (χ0) is 15.3. The number of nitrogens with zero attached hydrogens (tertiary/aromatic N) is 1. The molecule has 3 N–H and O–H groups in total. The van der Waals surface area contributed by atoms with Crippen molar-refractivity contribution in [3.8, 4) is 11.8 Å². The molecule has 1 aromatic heterocycles.